The second-order valence-corrected chi connectivity index (χ2v) is 6.39. The molecule has 1 N–H and O–H groups in total. The van der Waals surface area contributed by atoms with Crippen LogP contribution in [0.25, 0.3) is 0 Å². The van der Waals surface area contributed by atoms with Crippen molar-refractivity contribution in [2.24, 2.45) is 0 Å². The van der Waals surface area contributed by atoms with Gasteiger partial charge in [-0.25, -0.2) is 0 Å². The lowest BCUT2D eigenvalue weighted by Gasteiger charge is -2.25. The first-order valence-corrected chi connectivity index (χ1v) is 8.05. The Kier molecular flexibility index (Phi) is 6.56. The van der Waals surface area contributed by atoms with E-state index in [0.29, 0.717) is 6.04 Å². The average Bonchev–Trinajstić information content (AvgIpc) is 2.91. The summed E-state index contributed by atoms with van der Waals surface area (Å²) in [5, 5.41) is 3.57. The molecule has 1 fully saturated rings. The topological polar surface area (TPSA) is 24.5 Å². The second-order valence-electron chi connectivity index (χ2n) is 5.15. The average molecular weight is 374 g/mol. The Morgan fingerprint density at radius 2 is 2.16 bits per heavy atom. The van der Waals surface area contributed by atoms with E-state index in [1.165, 1.54) is 28.5 Å². The van der Waals surface area contributed by atoms with E-state index in [9.17, 15) is 0 Å². The molecule has 1 saturated heterocycles. The van der Waals surface area contributed by atoms with Crippen LogP contribution in [0.5, 0.6) is 0 Å². The fourth-order valence-corrected chi connectivity index (χ4v) is 2.89. The van der Waals surface area contributed by atoms with Gasteiger partial charge in [0, 0.05) is 36.4 Å². The molecule has 0 aromatic heterocycles. The lowest BCUT2D eigenvalue weighted by Crippen LogP contribution is -2.38. The molecule has 1 aliphatic rings. The molecule has 1 heterocycles. The van der Waals surface area contributed by atoms with Crippen molar-refractivity contribution in [2.75, 3.05) is 33.4 Å². The lowest BCUT2D eigenvalue weighted by atomic mass is 10.1. The molecule has 3 nitrogen and oxygen atoms in total. The van der Waals surface area contributed by atoms with E-state index in [1.807, 2.05) is 0 Å². The summed E-state index contributed by atoms with van der Waals surface area (Å²) in [5.74, 6) is 0. The fraction of sp³-hybridized carbons (Fsp3) is 0.600. The molecule has 1 aromatic carbocycles. The highest BCUT2D eigenvalue weighted by molar-refractivity contribution is 14.1. The number of nitrogens with zero attached hydrogens (tertiary/aromatic N) is 1. The molecule has 1 atom stereocenters. The summed E-state index contributed by atoms with van der Waals surface area (Å²) in [6, 6.07) is 9.46. The van der Waals surface area contributed by atoms with Gasteiger partial charge in [-0.3, -0.25) is 4.90 Å². The van der Waals surface area contributed by atoms with Crippen LogP contribution in [0.1, 0.15) is 18.4 Å². The van der Waals surface area contributed by atoms with Crippen molar-refractivity contribution in [3.63, 3.8) is 0 Å². The van der Waals surface area contributed by atoms with Crippen molar-refractivity contribution in [2.45, 2.75) is 25.4 Å². The Bertz CT molecular complexity index is 363. The van der Waals surface area contributed by atoms with Gasteiger partial charge in [0.15, 0.2) is 0 Å². The molecule has 0 amide bonds. The lowest BCUT2D eigenvalue weighted by molar-refractivity contribution is 0.138. The van der Waals surface area contributed by atoms with Crippen LogP contribution >= 0.6 is 22.6 Å². The number of hydrogen-bond donors (Lipinski definition) is 1. The van der Waals surface area contributed by atoms with Crippen LogP contribution in [0.2, 0.25) is 0 Å². The largest absolute Gasteiger partial charge is 0.383 e. The van der Waals surface area contributed by atoms with E-state index in [2.05, 4.69) is 57.1 Å². The molecular formula is C15H23IN2O. The van der Waals surface area contributed by atoms with Crippen LogP contribution in [0.3, 0.4) is 0 Å². The Labute approximate surface area is 129 Å². The summed E-state index contributed by atoms with van der Waals surface area (Å²) >= 11 is 2.35. The third kappa shape index (κ3) is 5.38. The van der Waals surface area contributed by atoms with Crippen LogP contribution in [-0.2, 0) is 11.3 Å². The maximum atomic E-state index is 5.23. The van der Waals surface area contributed by atoms with Gasteiger partial charge in [-0.05, 0) is 59.7 Å². The van der Waals surface area contributed by atoms with Gasteiger partial charge in [-0.1, -0.05) is 12.1 Å². The SMILES string of the molecule is COCCN(Cc1ccc(I)cc1)CC1CCCN1. The van der Waals surface area contributed by atoms with Gasteiger partial charge in [-0.15, -0.1) is 0 Å². The zero-order valence-electron chi connectivity index (χ0n) is 11.6. The smallest absolute Gasteiger partial charge is 0.0589 e. The Balaban J connectivity index is 1.89. The highest BCUT2D eigenvalue weighted by Crippen LogP contribution is 2.12. The standard InChI is InChI=1S/C15H23IN2O/c1-19-10-9-18(12-15-3-2-8-17-15)11-13-4-6-14(16)7-5-13/h4-7,15,17H,2-3,8-12H2,1H3. The monoisotopic (exact) mass is 374 g/mol. The number of ether oxygens (including phenoxy) is 1. The maximum absolute atomic E-state index is 5.23. The van der Waals surface area contributed by atoms with Crippen molar-refractivity contribution in [1.82, 2.24) is 10.2 Å². The first-order chi connectivity index (χ1) is 9.28. The molecule has 0 radical (unpaired) electrons. The van der Waals surface area contributed by atoms with Crippen molar-refractivity contribution < 1.29 is 4.74 Å². The van der Waals surface area contributed by atoms with Gasteiger partial charge in [0.05, 0.1) is 6.61 Å². The number of benzene rings is 1. The summed E-state index contributed by atoms with van der Waals surface area (Å²) in [5.41, 5.74) is 1.38. The second kappa shape index (κ2) is 8.19. The van der Waals surface area contributed by atoms with Crippen LogP contribution in [-0.4, -0.2) is 44.3 Å². The highest BCUT2D eigenvalue weighted by atomic mass is 127. The predicted octanol–water partition coefficient (Wildman–Crippen LogP) is 2.49. The molecule has 0 bridgehead atoms. The van der Waals surface area contributed by atoms with Crippen LogP contribution < -0.4 is 5.32 Å². The van der Waals surface area contributed by atoms with Crippen LogP contribution in [0.4, 0.5) is 0 Å². The summed E-state index contributed by atoms with van der Waals surface area (Å²) in [6.45, 7) is 5.11. The summed E-state index contributed by atoms with van der Waals surface area (Å²) in [7, 11) is 1.77. The fourth-order valence-electron chi connectivity index (χ4n) is 2.53. The van der Waals surface area contributed by atoms with E-state index < -0.39 is 0 Å². The van der Waals surface area contributed by atoms with E-state index in [0.717, 1.165) is 26.2 Å². The van der Waals surface area contributed by atoms with Gasteiger partial charge in [-0.2, -0.15) is 0 Å². The van der Waals surface area contributed by atoms with E-state index in [-0.39, 0.29) is 0 Å². The minimum atomic E-state index is 0.653. The van der Waals surface area contributed by atoms with Crippen molar-refractivity contribution in [1.29, 1.82) is 0 Å². The molecule has 2 rings (SSSR count). The Morgan fingerprint density at radius 3 is 2.79 bits per heavy atom. The number of hydrogen-bond acceptors (Lipinski definition) is 3. The first-order valence-electron chi connectivity index (χ1n) is 6.97. The van der Waals surface area contributed by atoms with E-state index in [1.54, 1.807) is 7.11 Å². The zero-order chi connectivity index (χ0) is 13.5. The van der Waals surface area contributed by atoms with Gasteiger partial charge in [0.1, 0.15) is 0 Å². The molecule has 106 valence electrons. The highest BCUT2D eigenvalue weighted by Gasteiger charge is 2.17. The minimum absolute atomic E-state index is 0.653. The molecule has 1 aliphatic heterocycles. The van der Waals surface area contributed by atoms with E-state index in [4.69, 9.17) is 4.74 Å². The molecular weight excluding hydrogens is 351 g/mol. The molecule has 4 heteroatoms. The summed E-state index contributed by atoms with van der Waals surface area (Å²) in [4.78, 5) is 2.49. The van der Waals surface area contributed by atoms with Crippen molar-refractivity contribution in [3.05, 3.63) is 33.4 Å². The van der Waals surface area contributed by atoms with Crippen molar-refractivity contribution in [3.8, 4) is 0 Å². The van der Waals surface area contributed by atoms with Crippen LogP contribution in [0.15, 0.2) is 24.3 Å². The number of nitrogens with one attached hydrogen (secondary N) is 1. The van der Waals surface area contributed by atoms with Gasteiger partial charge in [0.25, 0.3) is 0 Å². The minimum Gasteiger partial charge on any atom is -0.383 e. The molecule has 1 unspecified atom stereocenters. The molecule has 19 heavy (non-hydrogen) atoms. The molecule has 0 saturated carbocycles. The Hall–Kier alpha value is -0.170. The van der Waals surface area contributed by atoms with Crippen molar-refractivity contribution >= 4 is 22.6 Å². The third-order valence-electron chi connectivity index (χ3n) is 3.57. The quantitative estimate of drug-likeness (QED) is 0.743. The zero-order valence-corrected chi connectivity index (χ0v) is 13.7. The molecule has 0 spiro atoms. The number of methoxy groups -OCH3 is 1. The normalized spacial score (nSPS) is 19.2. The number of halogens is 1. The van der Waals surface area contributed by atoms with Gasteiger partial charge < -0.3 is 10.1 Å². The Morgan fingerprint density at radius 1 is 1.37 bits per heavy atom. The first kappa shape index (κ1) is 15.2. The molecule has 0 aliphatic carbocycles. The van der Waals surface area contributed by atoms with Gasteiger partial charge >= 0.3 is 0 Å². The van der Waals surface area contributed by atoms with Crippen LogP contribution in [0, 0.1) is 3.57 Å². The summed E-state index contributed by atoms with van der Waals surface area (Å²) in [6.07, 6.45) is 2.61. The number of rotatable bonds is 7. The summed E-state index contributed by atoms with van der Waals surface area (Å²) < 4.78 is 6.52. The van der Waals surface area contributed by atoms with E-state index >= 15 is 0 Å². The predicted molar refractivity (Wildman–Crippen MR) is 87.3 cm³/mol. The third-order valence-corrected chi connectivity index (χ3v) is 4.29. The molecule has 1 aromatic rings. The van der Waals surface area contributed by atoms with Gasteiger partial charge in [0.2, 0.25) is 0 Å². The maximum Gasteiger partial charge on any atom is 0.0589 e.